The second kappa shape index (κ2) is 7.69. The number of likely N-dealkylation sites (tertiary alicyclic amines) is 1. The molecule has 5 rings (SSSR count). The van der Waals surface area contributed by atoms with E-state index in [1.54, 1.807) is 6.20 Å². The summed E-state index contributed by atoms with van der Waals surface area (Å²) in [6.07, 6.45) is 8.26. The number of piperidine rings is 1. The molecule has 0 unspecified atom stereocenters. The van der Waals surface area contributed by atoms with E-state index >= 15 is 0 Å². The van der Waals surface area contributed by atoms with Gasteiger partial charge in [-0.2, -0.15) is 0 Å². The Bertz CT molecular complexity index is 1050. The summed E-state index contributed by atoms with van der Waals surface area (Å²) in [6.45, 7) is 3.20. The highest BCUT2D eigenvalue weighted by Crippen LogP contribution is 2.36. The van der Waals surface area contributed by atoms with Gasteiger partial charge in [-0.1, -0.05) is 54.1 Å². The van der Waals surface area contributed by atoms with Crippen LogP contribution in [0.3, 0.4) is 0 Å². The number of hydrogen-bond acceptors (Lipinski definition) is 4. The van der Waals surface area contributed by atoms with Gasteiger partial charge in [0, 0.05) is 51.3 Å². The molecule has 5 heteroatoms. The molecule has 0 atom stereocenters. The number of anilines is 2. The highest BCUT2D eigenvalue weighted by Gasteiger charge is 2.28. The third kappa shape index (κ3) is 3.59. The van der Waals surface area contributed by atoms with Crippen molar-refractivity contribution in [2.24, 2.45) is 0 Å². The monoisotopic (exact) mass is 404 g/mol. The third-order valence-electron chi connectivity index (χ3n) is 6.11. The van der Waals surface area contributed by atoms with E-state index in [0.29, 0.717) is 11.1 Å². The molecule has 3 heterocycles. The van der Waals surface area contributed by atoms with Crippen LogP contribution in [0.15, 0.2) is 67.1 Å². The van der Waals surface area contributed by atoms with Gasteiger partial charge < -0.3 is 9.80 Å². The Kier molecular flexibility index (Phi) is 4.90. The summed E-state index contributed by atoms with van der Waals surface area (Å²) in [7, 11) is 2.04. The number of pyridine rings is 1. The molecule has 2 aliphatic rings. The summed E-state index contributed by atoms with van der Waals surface area (Å²) in [4.78, 5) is 11.6. The number of aromatic nitrogens is 1. The Morgan fingerprint density at radius 2 is 1.83 bits per heavy atom. The van der Waals surface area contributed by atoms with E-state index in [1.807, 2.05) is 13.1 Å². The van der Waals surface area contributed by atoms with Crippen molar-refractivity contribution in [2.75, 3.05) is 29.9 Å². The van der Waals surface area contributed by atoms with E-state index < -0.39 is 0 Å². The molecular weight excluding hydrogens is 380 g/mol. The number of benzene rings is 2. The van der Waals surface area contributed by atoms with Crippen molar-refractivity contribution in [2.45, 2.75) is 25.4 Å². The van der Waals surface area contributed by atoms with Crippen LogP contribution in [0.1, 0.15) is 18.4 Å². The number of hydrogen-bond donors (Lipinski definition) is 0. The lowest BCUT2D eigenvalue weighted by Crippen LogP contribution is -2.44. The lowest BCUT2D eigenvalue weighted by Gasteiger charge is -2.40. The molecule has 0 saturated carbocycles. The minimum atomic E-state index is 0.469. The average Bonchev–Trinajstić information content (AvgIpc) is 2.75. The SMILES string of the molecule is CN1C=CN(C2CCN(Cc3cccc4ccccc34)CC2)c2ncc(Cl)cc21. The maximum absolute atomic E-state index is 6.17. The fourth-order valence-electron chi connectivity index (χ4n) is 4.52. The highest BCUT2D eigenvalue weighted by atomic mass is 35.5. The first-order chi connectivity index (χ1) is 14.2. The predicted molar refractivity (Wildman–Crippen MR) is 122 cm³/mol. The fraction of sp³-hybridized carbons (Fsp3) is 0.292. The molecule has 0 bridgehead atoms. The molecule has 0 spiro atoms. The molecule has 0 N–H and O–H groups in total. The zero-order chi connectivity index (χ0) is 19.8. The Morgan fingerprint density at radius 3 is 2.69 bits per heavy atom. The Balaban J connectivity index is 1.29. The molecule has 4 nitrogen and oxygen atoms in total. The van der Waals surface area contributed by atoms with E-state index in [-0.39, 0.29) is 0 Å². The Morgan fingerprint density at radius 1 is 1.03 bits per heavy atom. The molecule has 1 saturated heterocycles. The van der Waals surface area contributed by atoms with Gasteiger partial charge in [-0.05, 0) is 35.2 Å². The predicted octanol–water partition coefficient (Wildman–Crippen LogP) is 5.28. The van der Waals surface area contributed by atoms with Crippen LogP contribution in [0.25, 0.3) is 10.8 Å². The van der Waals surface area contributed by atoms with E-state index in [2.05, 4.69) is 74.5 Å². The maximum atomic E-state index is 6.17. The van der Waals surface area contributed by atoms with Gasteiger partial charge in [-0.15, -0.1) is 0 Å². The molecule has 3 aromatic rings. The van der Waals surface area contributed by atoms with Crippen molar-refractivity contribution in [1.29, 1.82) is 0 Å². The zero-order valence-corrected chi connectivity index (χ0v) is 17.4. The van der Waals surface area contributed by atoms with Crippen LogP contribution in [-0.2, 0) is 6.54 Å². The minimum absolute atomic E-state index is 0.469. The molecular formula is C24H25ClN4. The van der Waals surface area contributed by atoms with Crippen LogP contribution < -0.4 is 9.80 Å². The van der Waals surface area contributed by atoms with Crippen LogP contribution in [0, 0.1) is 0 Å². The molecule has 2 aromatic carbocycles. The molecule has 1 aromatic heterocycles. The average molecular weight is 405 g/mol. The minimum Gasteiger partial charge on any atom is -0.347 e. The van der Waals surface area contributed by atoms with Gasteiger partial charge in [-0.3, -0.25) is 4.90 Å². The van der Waals surface area contributed by atoms with Crippen molar-refractivity contribution in [3.8, 4) is 0 Å². The van der Waals surface area contributed by atoms with Gasteiger partial charge in [0.25, 0.3) is 0 Å². The summed E-state index contributed by atoms with van der Waals surface area (Å²) in [6, 6.07) is 17.8. The van der Waals surface area contributed by atoms with Crippen molar-refractivity contribution < 1.29 is 0 Å². The number of halogens is 1. The largest absolute Gasteiger partial charge is 0.347 e. The molecule has 0 aliphatic carbocycles. The first-order valence-corrected chi connectivity index (χ1v) is 10.6. The second-order valence-electron chi connectivity index (χ2n) is 7.96. The number of fused-ring (bicyclic) bond motifs is 2. The molecule has 0 radical (unpaired) electrons. The Hall–Kier alpha value is -2.56. The first kappa shape index (κ1) is 18.5. The van der Waals surface area contributed by atoms with E-state index in [9.17, 15) is 0 Å². The van der Waals surface area contributed by atoms with Crippen LogP contribution in [0.4, 0.5) is 11.5 Å². The van der Waals surface area contributed by atoms with Crippen LogP contribution in [0.5, 0.6) is 0 Å². The molecule has 148 valence electrons. The quantitative estimate of drug-likeness (QED) is 0.592. The van der Waals surface area contributed by atoms with Gasteiger partial charge >= 0.3 is 0 Å². The van der Waals surface area contributed by atoms with E-state index in [0.717, 1.165) is 44.0 Å². The number of rotatable bonds is 3. The van der Waals surface area contributed by atoms with E-state index in [1.165, 1.54) is 16.3 Å². The normalized spacial score (nSPS) is 17.7. The van der Waals surface area contributed by atoms with Gasteiger partial charge in [0.1, 0.15) is 0 Å². The zero-order valence-electron chi connectivity index (χ0n) is 16.6. The topological polar surface area (TPSA) is 22.6 Å². The second-order valence-corrected chi connectivity index (χ2v) is 8.39. The summed E-state index contributed by atoms with van der Waals surface area (Å²) in [5.41, 5.74) is 2.49. The van der Waals surface area contributed by atoms with Crippen LogP contribution in [-0.4, -0.2) is 36.1 Å². The van der Waals surface area contributed by atoms with Crippen LogP contribution >= 0.6 is 11.6 Å². The lowest BCUT2D eigenvalue weighted by molar-refractivity contribution is 0.205. The van der Waals surface area contributed by atoms with Crippen molar-refractivity contribution >= 4 is 33.9 Å². The number of nitrogens with zero attached hydrogens (tertiary/aromatic N) is 4. The molecule has 0 amide bonds. The lowest BCUT2D eigenvalue weighted by atomic mass is 10.00. The fourth-order valence-corrected chi connectivity index (χ4v) is 4.68. The van der Waals surface area contributed by atoms with Gasteiger partial charge in [0.2, 0.25) is 0 Å². The smallest absolute Gasteiger partial charge is 0.156 e. The van der Waals surface area contributed by atoms with Crippen molar-refractivity contribution in [3.05, 3.63) is 77.7 Å². The maximum Gasteiger partial charge on any atom is 0.156 e. The molecule has 2 aliphatic heterocycles. The van der Waals surface area contributed by atoms with Gasteiger partial charge in [0.05, 0.1) is 10.7 Å². The van der Waals surface area contributed by atoms with Crippen LogP contribution in [0.2, 0.25) is 5.02 Å². The summed E-state index contributed by atoms with van der Waals surface area (Å²) in [5, 5.41) is 3.37. The van der Waals surface area contributed by atoms with Gasteiger partial charge in [0.15, 0.2) is 5.82 Å². The van der Waals surface area contributed by atoms with E-state index in [4.69, 9.17) is 11.6 Å². The molecule has 1 fully saturated rings. The first-order valence-electron chi connectivity index (χ1n) is 10.2. The summed E-state index contributed by atoms with van der Waals surface area (Å²) >= 11 is 6.17. The summed E-state index contributed by atoms with van der Waals surface area (Å²) in [5.74, 6) is 1.01. The third-order valence-corrected chi connectivity index (χ3v) is 6.32. The van der Waals surface area contributed by atoms with Gasteiger partial charge in [-0.25, -0.2) is 4.98 Å². The Labute approximate surface area is 177 Å². The highest BCUT2D eigenvalue weighted by molar-refractivity contribution is 6.30. The van der Waals surface area contributed by atoms with Crippen molar-refractivity contribution in [1.82, 2.24) is 9.88 Å². The van der Waals surface area contributed by atoms with Crippen molar-refractivity contribution in [3.63, 3.8) is 0 Å². The molecule has 29 heavy (non-hydrogen) atoms. The summed E-state index contributed by atoms with van der Waals surface area (Å²) < 4.78 is 0. The standard InChI is InChI=1S/C24H25ClN4/c1-27-13-14-29(24-23(27)15-20(25)16-26-24)21-9-11-28(12-10-21)17-19-7-4-6-18-5-2-3-8-22(18)19/h2-8,13-16,21H,9-12,17H2,1H3.